The molecular weight excluding hydrogens is 416 g/mol. The van der Waals surface area contributed by atoms with Crippen LogP contribution in [0.3, 0.4) is 0 Å². The lowest BCUT2D eigenvalue weighted by molar-refractivity contribution is 0.0674. The summed E-state index contributed by atoms with van der Waals surface area (Å²) in [5.41, 5.74) is 6.23. The van der Waals surface area contributed by atoms with Gasteiger partial charge < -0.3 is 20.5 Å². The zero-order valence-corrected chi connectivity index (χ0v) is 19.1. The Balaban J connectivity index is 1.56. The molecule has 3 N–H and O–H groups in total. The topological polar surface area (TPSA) is 97.1 Å². The van der Waals surface area contributed by atoms with Crippen LogP contribution in [0.4, 0.5) is 23.1 Å². The van der Waals surface area contributed by atoms with Crippen LogP contribution in [-0.2, 0) is 4.74 Å². The van der Waals surface area contributed by atoms with E-state index in [1.807, 2.05) is 10.9 Å². The normalized spacial score (nSPS) is 14.5. The molecule has 0 aliphatic carbocycles. The minimum absolute atomic E-state index is 0.215. The summed E-state index contributed by atoms with van der Waals surface area (Å²) in [5.74, 6) is 1.45. The summed E-state index contributed by atoms with van der Waals surface area (Å²) in [7, 11) is 0. The number of phenols is 1. The van der Waals surface area contributed by atoms with E-state index in [-0.39, 0.29) is 11.8 Å². The van der Waals surface area contributed by atoms with Crippen molar-refractivity contribution in [1.29, 1.82) is 0 Å². The average molecular weight is 445 g/mol. The van der Waals surface area contributed by atoms with E-state index < -0.39 is 0 Å². The second-order valence-electron chi connectivity index (χ2n) is 8.64. The number of nitrogens with one attached hydrogen (secondary N) is 2. The average Bonchev–Trinajstić information content (AvgIpc) is 3.16. The molecule has 0 radical (unpaired) electrons. The molecule has 8 nitrogen and oxygen atoms in total. The molecular formula is C25H28N6O2. The maximum atomic E-state index is 9.53. The van der Waals surface area contributed by atoms with Crippen molar-refractivity contribution in [2.75, 3.05) is 23.8 Å². The van der Waals surface area contributed by atoms with E-state index in [2.05, 4.69) is 48.5 Å². The number of nitrogens with zero attached hydrogens (tertiary/aromatic N) is 4. The van der Waals surface area contributed by atoms with Crippen LogP contribution in [0.5, 0.6) is 5.75 Å². The first kappa shape index (κ1) is 21.2. The van der Waals surface area contributed by atoms with Crippen LogP contribution in [0, 0.1) is 20.8 Å². The molecule has 1 aliphatic rings. The zero-order chi connectivity index (χ0) is 22.9. The van der Waals surface area contributed by atoms with Crippen molar-refractivity contribution in [3.8, 4) is 5.75 Å². The van der Waals surface area contributed by atoms with Gasteiger partial charge in [-0.2, -0.15) is 10.1 Å². The molecule has 0 amide bonds. The summed E-state index contributed by atoms with van der Waals surface area (Å²) in [4.78, 5) is 9.37. The van der Waals surface area contributed by atoms with E-state index >= 15 is 0 Å². The first-order chi connectivity index (χ1) is 16.0. The third kappa shape index (κ3) is 4.34. The van der Waals surface area contributed by atoms with Crippen LogP contribution in [0.25, 0.3) is 11.0 Å². The molecule has 170 valence electrons. The zero-order valence-electron chi connectivity index (χ0n) is 19.1. The molecule has 0 saturated carbocycles. The minimum atomic E-state index is 0.215. The molecule has 1 fully saturated rings. The number of hydrogen-bond acceptors (Lipinski definition) is 7. The Kier molecular flexibility index (Phi) is 5.60. The van der Waals surface area contributed by atoms with Gasteiger partial charge in [0.1, 0.15) is 5.75 Å². The number of benzene rings is 2. The molecule has 0 spiro atoms. The van der Waals surface area contributed by atoms with E-state index in [1.54, 1.807) is 24.3 Å². The predicted octanol–water partition coefficient (Wildman–Crippen LogP) is 5.30. The summed E-state index contributed by atoms with van der Waals surface area (Å²) in [6.45, 7) is 7.76. The highest BCUT2D eigenvalue weighted by Gasteiger charge is 2.23. The van der Waals surface area contributed by atoms with E-state index in [0.717, 1.165) is 41.1 Å². The fraction of sp³-hybridized carbons (Fsp3) is 0.320. The Morgan fingerprint density at radius 2 is 1.70 bits per heavy atom. The number of fused-ring (bicyclic) bond motifs is 1. The van der Waals surface area contributed by atoms with Crippen LogP contribution in [0.2, 0.25) is 0 Å². The van der Waals surface area contributed by atoms with Gasteiger partial charge in [-0.25, -0.2) is 9.67 Å². The van der Waals surface area contributed by atoms with Gasteiger partial charge in [-0.15, -0.1) is 0 Å². The Morgan fingerprint density at radius 3 is 2.39 bits per heavy atom. The molecule has 2 aromatic heterocycles. The standard InChI is InChI=1S/C25H28N6O2/c1-15-12-16(2)22(17(3)13-15)28-23-21-14-26-25(27-18-4-6-20(32)7-5-18)29-24(21)31(30-23)19-8-10-33-11-9-19/h4-7,12-14,19,32H,8-11H2,1-3H3,(H,28,30)(H,26,27,29). The van der Waals surface area contributed by atoms with Crippen molar-refractivity contribution in [2.24, 2.45) is 0 Å². The Hall–Kier alpha value is -3.65. The molecule has 5 rings (SSSR count). The number of aromatic nitrogens is 4. The van der Waals surface area contributed by atoms with Crippen molar-refractivity contribution >= 4 is 34.2 Å². The van der Waals surface area contributed by atoms with Gasteiger partial charge in [0.15, 0.2) is 11.5 Å². The summed E-state index contributed by atoms with van der Waals surface area (Å²) in [6, 6.07) is 11.4. The van der Waals surface area contributed by atoms with Crippen LogP contribution in [0.15, 0.2) is 42.6 Å². The van der Waals surface area contributed by atoms with Crippen molar-refractivity contribution in [3.05, 3.63) is 59.3 Å². The molecule has 4 aromatic rings. The van der Waals surface area contributed by atoms with E-state index in [4.69, 9.17) is 14.8 Å². The monoisotopic (exact) mass is 444 g/mol. The van der Waals surface area contributed by atoms with Crippen molar-refractivity contribution in [1.82, 2.24) is 19.7 Å². The molecule has 1 aliphatic heterocycles. The van der Waals surface area contributed by atoms with E-state index in [9.17, 15) is 5.11 Å². The second kappa shape index (κ2) is 8.71. The van der Waals surface area contributed by atoms with Crippen molar-refractivity contribution in [3.63, 3.8) is 0 Å². The number of ether oxygens (including phenoxy) is 1. The van der Waals surface area contributed by atoms with Gasteiger partial charge in [-0.3, -0.25) is 0 Å². The highest BCUT2D eigenvalue weighted by atomic mass is 16.5. The van der Waals surface area contributed by atoms with E-state index in [1.165, 1.54) is 16.7 Å². The molecule has 0 unspecified atom stereocenters. The van der Waals surface area contributed by atoms with Gasteiger partial charge in [0.2, 0.25) is 5.95 Å². The van der Waals surface area contributed by atoms with Gasteiger partial charge in [0, 0.05) is 30.8 Å². The Labute approximate surface area is 192 Å². The van der Waals surface area contributed by atoms with Crippen LogP contribution < -0.4 is 10.6 Å². The third-order valence-corrected chi connectivity index (χ3v) is 6.03. The fourth-order valence-electron chi connectivity index (χ4n) is 4.43. The van der Waals surface area contributed by atoms with Gasteiger partial charge >= 0.3 is 0 Å². The maximum absolute atomic E-state index is 9.53. The quantitative estimate of drug-likeness (QED) is 0.360. The summed E-state index contributed by atoms with van der Waals surface area (Å²) in [6.07, 6.45) is 3.60. The second-order valence-corrected chi connectivity index (χ2v) is 8.64. The minimum Gasteiger partial charge on any atom is -0.508 e. The van der Waals surface area contributed by atoms with Gasteiger partial charge in [-0.1, -0.05) is 17.7 Å². The SMILES string of the molecule is Cc1cc(C)c(Nc2nn(C3CCOCC3)c3nc(Nc4ccc(O)cc4)ncc23)c(C)c1. The smallest absolute Gasteiger partial charge is 0.229 e. The molecule has 1 saturated heterocycles. The molecule has 2 aromatic carbocycles. The van der Waals surface area contributed by atoms with Crippen molar-refractivity contribution in [2.45, 2.75) is 39.7 Å². The van der Waals surface area contributed by atoms with Gasteiger partial charge in [0.25, 0.3) is 0 Å². The lowest BCUT2D eigenvalue weighted by Gasteiger charge is -2.22. The highest BCUT2D eigenvalue weighted by Crippen LogP contribution is 2.33. The van der Waals surface area contributed by atoms with E-state index in [0.29, 0.717) is 19.2 Å². The number of rotatable bonds is 5. The summed E-state index contributed by atoms with van der Waals surface area (Å²) >= 11 is 0. The summed E-state index contributed by atoms with van der Waals surface area (Å²) < 4.78 is 7.59. The fourth-order valence-corrected chi connectivity index (χ4v) is 4.43. The van der Waals surface area contributed by atoms with Crippen molar-refractivity contribution < 1.29 is 9.84 Å². The highest BCUT2D eigenvalue weighted by molar-refractivity contribution is 5.90. The number of hydrogen-bond donors (Lipinski definition) is 3. The third-order valence-electron chi connectivity index (χ3n) is 6.03. The van der Waals surface area contributed by atoms with Crippen LogP contribution >= 0.6 is 0 Å². The van der Waals surface area contributed by atoms with Crippen LogP contribution in [0.1, 0.15) is 35.6 Å². The number of anilines is 4. The first-order valence-electron chi connectivity index (χ1n) is 11.2. The molecule has 3 heterocycles. The van der Waals surface area contributed by atoms with Gasteiger partial charge in [0.05, 0.1) is 11.4 Å². The van der Waals surface area contributed by atoms with Crippen LogP contribution in [-0.4, -0.2) is 38.1 Å². The molecule has 8 heteroatoms. The first-order valence-corrected chi connectivity index (χ1v) is 11.2. The number of aromatic hydroxyl groups is 1. The molecule has 0 atom stereocenters. The van der Waals surface area contributed by atoms with Gasteiger partial charge in [-0.05, 0) is 69.0 Å². The lowest BCUT2D eigenvalue weighted by atomic mass is 10.1. The predicted molar refractivity (Wildman–Crippen MR) is 130 cm³/mol. The molecule has 0 bridgehead atoms. The summed E-state index contributed by atoms with van der Waals surface area (Å²) in [5, 5.41) is 22.1. The maximum Gasteiger partial charge on any atom is 0.229 e. The largest absolute Gasteiger partial charge is 0.508 e. The number of phenolic OH excluding ortho intramolecular Hbond substituents is 1. The Bertz CT molecular complexity index is 1270. The lowest BCUT2D eigenvalue weighted by Crippen LogP contribution is -2.21. The molecule has 33 heavy (non-hydrogen) atoms. The number of aryl methyl sites for hydroxylation is 3. The Morgan fingerprint density at radius 1 is 1.00 bits per heavy atom.